The Balaban J connectivity index is 1.53. The Morgan fingerprint density at radius 1 is 1.24 bits per heavy atom. The minimum Gasteiger partial charge on any atom is -0.493 e. The molecule has 1 N–H and O–H groups in total. The summed E-state index contributed by atoms with van der Waals surface area (Å²) >= 11 is 0. The largest absolute Gasteiger partial charge is 0.493 e. The molecule has 1 aliphatic rings. The molecule has 0 spiro atoms. The SMILES string of the molecule is C=C(C)COc1cc(CNCc2ccc(N3CCO[C@H](C)C3)nc2)ccc1OC. The van der Waals surface area contributed by atoms with Crippen molar-refractivity contribution in [3.05, 3.63) is 59.8 Å². The van der Waals surface area contributed by atoms with Crippen LogP contribution in [-0.4, -0.2) is 44.5 Å². The molecule has 6 heteroatoms. The van der Waals surface area contributed by atoms with Crippen LogP contribution in [0.25, 0.3) is 0 Å². The third-order valence-electron chi connectivity index (χ3n) is 4.73. The maximum absolute atomic E-state index is 5.80. The summed E-state index contributed by atoms with van der Waals surface area (Å²) in [5.41, 5.74) is 3.26. The van der Waals surface area contributed by atoms with Gasteiger partial charge in [0.25, 0.3) is 0 Å². The number of nitrogens with one attached hydrogen (secondary N) is 1. The summed E-state index contributed by atoms with van der Waals surface area (Å²) < 4.78 is 16.8. The number of methoxy groups -OCH3 is 1. The molecular formula is C23H31N3O3. The predicted molar refractivity (Wildman–Crippen MR) is 116 cm³/mol. The molecule has 1 fully saturated rings. The van der Waals surface area contributed by atoms with Crippen molar-refractivity contribution in [2.75, 3.05) is 38.3 Å². The number of rotatable bonds is 9. The van der Waals surface area contributed by atoms with E-state index in [9.17, 15) is 0 Å². The molecule has 3 rings (SSSR count). The van der Waals surface area contributed by atoms with Crippen LogP contribution >= 0.6 is 0 Å². The van der Waals surface area contributed by atoms with Gasteiger partial charge in [-0.1, -0.05) is 18.7 Å². The molecule has 0 bridgehead atoms. The molecule has 1 aromatic carbocycles. The fraction of sp³-hybridized carbons (Fsp3) is 0.435. The number of hydrogen-bond acceptors (Lipinski definition) is 6. The van der Waals surface area contributed by atoms with Crippen molar-refractivity contribution in [1.29, 1.82) is 0 Å². The fourth-order valence-corrected chi connectivity index (χ4v) is 3.23. The van der Waals surface area contributed by atoms with Gasteiger partial charge in [-0.25, -0.2) is 4.98 Å². The zero-order valence-corrected chi connectivity index (χ0v) is 17.6. The maximum atomic E-state index is 5.80. The van der Waals surface area contributed by atoms with Gasteiger partial charge in [-0.2, -0.15) is 0 Å². The number of morpholine rings is 1. The lowest BCUT2D eigenvalue weighted by Gasteiger charge is -2.32. The third-order valence-corrected chi connectivity index (χ3v) is 4.73. The Morgan fingerprint density at radius 3 is 2.72 bits per heavy atom. The van der Waals surface area contributed by atoms with E-state index in [0.717, 1.165) is 66.8 Å². The minimum atomic E-state index is 0.251. The Morgan fingerprint density at radius 2 is 2.03 bits per heavy atom. The molecule has 0 unspecified atom stereocenters. The van der Waals surface area contributed by atoms with Crippen LogP contribution in [0.2, 0.25) is 0 Å². The van der Waals surface area contributed by atoms with Crippen LogP contribution in [0.4, 0.5) is 5.82 Å². The number of anilines is 1. The van der Waals surface area contributed by atoms with Crippen molar-refractivity contribution >= 4 is 5.82 Å². The molecule has 1 saturated heterocycles. The summed E-state index contributed by atoms with van der Waals surface area (Å²) in [6.45, 7) is 12.4. The summed E-state index contributed by atoms with van der Waals surface area (Å²) in [6, 6.07) is 10.2. The van der Waals surface area contributed by atoms with E-state index in [2.05, 4.69) is 40.8 Å². The molecule has 6 nitrogen and oxygen atoms in total. The lowest BCUT2D eigenvalue weighted by atomic mass is 10.2. The summed E-state index contributed by atoms with van der Waals surface area (Å²) in [5, 5.41) is 3.47. The van der Waals surface area contributed by atoms with E-state index in [1.165, 1.54) is 0 Å². The smallest absolute Gasteiger partial charge is 0.161 e. The summed E-state index contributed by atoms with van der Waals surface area (Å²) in [4.78, 5) is 6.90. The van der Waals surface area contributed by atoms with E-state index >= 15 is 0 Å². The summed E-state index contributed by atoms with van der Waals surface area (Å²) in [7, 11) is 1.65. The molecule has 29 heavy (non-hydrogen) atoms. The van der Waals surface area contributed by atoms with Gasteiger partial charge in [-0.3, -0.25) is 0 Å². The van der Waals surface area contributed by atoms with Gasteiger partial charge in [0.1, 0.15) is 12.4 Å². The van der Waals surface area contributed by atoms with E-state index in [1.807, 2.05) is 31.3 Å². The Hall–Kier alpha value is -2.57. The summed E-state index contributed by atoms with van der Waals surface area (Å²) in [6.07, 6.45) is 2.19. The average Bonchev–Trinajstić information content (AvgIpc) is 2.73. The van der Waals surface area contributed by atoms with Crippen molar-refractivity contribution < 1.29 is 14.2 Å². The number of hydrogen-bond donors (Lipinski definition) is 1. The molecule has 0 aliphatic carbocycles. The van der Waals surface area contributed by atoms with Crippen molar-refractivity contribution in [3.8, 4) is 11.5 Å². The molecule has 0 saturated carbocycles. The monoisotopic (exact) mass is 397 g/mol. The van der Waals surface area contributed by atoms with Gasteiger partial charge in [0, 0.05) is 32.4 Å². The highest BCUT2D eigenvalue weighted by Crippen LogP contribution is 2.28. The predicted octanol–water partition coefficient (Wildman–Crippen LogP) is 3.56. The quantitative estimate of drug-likeness (QED) is 0.653. The number of aromatic nitrogens is 1. The van der Waals surface area contributed by atoms with E-state index in [0.29, 0.717) is 6.61 Å². The Labute approximate surface area is 173 Å². The van der Waals surface area contributed by atoms with Gasteiger partial charge in [-0.15, -0.1) is 0 Å². The summed E-state index contributed by atoms with van der Waals surface area (Å²) in [5.74, 6) is 2.48. The number of nitrogens with zero attached hydrogens (tertiary/aromatic N) is 2. The van der Waals surface area contributed by atoms with Gasteiger partial charge in [0.15, 0.2) is 11.5 Å². The van der Waals surface area contributed by atoms with Crippen molar-refractivity contribution in [1.82, 2.24) is 10.3 Å². The molecule has 2 heterocycles. The first-order chi connectivity index (χ1) is 14.0. The first kappa shape index (κ1) is 21.1. The topological polar surface area (TPSA) is 55.9 Å². The van der Waals surface area contributed by atoms with Crippen LogP contribution in [0.3, 0.4) is 0 Å². The van der Waals surface area contributed by atoms with Crippen LogP contribution in [0, 0.1) is 0 Å². The molecule has 1 atom stereocenters. The second-order valence-corrected chi connectivity index (χ2v) is 7.49. The molecular weight excluding hydrogens is 366 g/mol. The van der Waals surface area contributed by atoms with E-state index in [4.69, 9.17) is 14.2 Å². The highest BCUT2D eigenvalue weighted by atomic mass is 16.5. The highest BCUT2D eigenvalue weighted by molar-refractivity contribution is 5.43. The first-order valence-corrected chi connectivity index (χ1v) is 10.0. The third kappa shape index (κ3) is 6.21. The standard InChI is InChI=1S/C23H31N3O3/c1-17(2)16-29-22-11-19(5-7-21(22)27-4)12-24-13-20-6-8-23(25-14-20)26-9-10-28-18(3)15-26/h5-8,11,14,18,24H,1,9-10,12-13,15-16H2,2-4H3/t18-/m1/s1. The molecule has 2 aromatic rings. The first-order valence-electron chi connectivity index (χ1n) is 10.0. The minimum absolute atomic E-state index is 0.251. The number of pyridine rings is 1. The maximum Gasteiger partial charge on any atom is 0.161 e. The van der Waals surface area contributed by atoms with Crippen molar-refractivity contribution in [2.45, 2.75) is 33.0 Å². The van der Waals surface area contributed by atoms with E-state index in [-0.39, 0.29) is 6.10 Å². The van der Waals surface area contributed by atoms with E-state index < -0.39 is 0 Å². The molecule has 1 aromatic heterocycles. The van der Waals surface area contributed by atoms with Crippen LogP contribution in [0.15, 0.2) is 48.7 Å². The molecule has 0 amide bonds. The van der Waals surface area contributed by atoms with Crippen LogP contribution in [0.1, 0.15) is 25.0 Å². The fourth-order valence-electron chi connectivity index (χ4n) is 3.23. The van der Waals surface area contributed by atoms with Crippen LogP contribution in [-0.2, 0) is 17.8 Å². The Kier molecular flexibility index (Phi) is 7.49. The zero-order chi connectivity index (χ0) is 20.6. The lowest BCUT2D eigenvalue weighted by molar-refractivity contribution is 0.0529. The second-order valence-electron chi connectivity index (χ2n) is 7.49. The van der Waals surface area contributed by atoms with Gasteiger partial charge in [-0.05, 0) is 48.7 Å². The van der Waals surface area contributed by atoms with Crippen LogP contribution < -0.4 is 19.7 Å². The number of benzene rings is 1. The molecule has 0 radical (unpaired) electrons. The van der Waals surface area contributed by atoms with Gasteiger partial charge in [0.05, 0.1) is 19.8 Å². The highest BCUT2D eigenvalue weighted by Gasteiger charge is 2.17. The normalized spacial score (nSPS) is 16.5. The lowest BCUT2D eigenvalue weighted by Crippen LogP contribution is -2.41. The average molecular weight is 398 g/mol. The van der Waals surface area contributed by atoms with Gasteiger partial charge < -0.3 is 24.4 Å². The number of ether oxygens (including phenoxy) is 3. The van der Waals surface area contributed by atoms with Crippen molar-refractivity contribution in [3.63, 3.8) is 0 Å². The molecule has 156 valence electrons. The molecule has 1 aliphatic heterocycles. The van der Waals surface area contributed by atoms with E-state index in [1.54, 1.807) is 7.11 Å². The van der Waals surface area contributed by atoms with Crippen LogP contribution in [0.5, 0.6) is 11.5 Å². The van der Waals surface area contributed by atoms with Gasteiger partial charge in [0.2, 0.25) is 0 Å². The second kappa shape index (κ2) is 10.3. The van der Waals surface area contributed by atoms with Crippen molar-refractivity contribution in [2.24, 2.45) is 0 Å². The Bertz CT molecular complexity index is 808. The zero-order valence-electron chi connectivity index (χ0n) is 17.6. The van der Waals surface area contributed by atoms with Gasteiger partial charge >= 0.3 is 0 Å².